The number of hydrogen-bond donors (Lipinski definition) is 1. The summed E-state index contributed by atoms with van der Waals surface area (Å²) in [6.07, 6.45) is 3.93. The van der Waals surface area contributed by atoms with Crippen LogP contribution in [0.15, 0.2) is 82.2 Å². The molecule has 0 spiro atoms. The third kappa shape index (κ3) is 6.90. The van der Waals surface area contributed by atoms with E-state index in [1.165, 1.54) is 17.0 Å². The topological polar surface area (TPSA) is 105 Å². The molecular weight excluding hydrogens is 622 g/mol. The number of hydrogen-bond acceptors (Lipinski definition) is 6. The van der Waals surface area contributed by atoms with Gasteiger partial charge in [-0.1, -0.05) is 59.1 Å². The van der Waals surface area contributed by atoms with Crippen LogP contribution >= 0.6 is 15.9 Å². The summed E-state index contributed by atoms with van der Waals surface area (Å²) >= 11 is 3.47. The van der Waals surface area contributed by atoms with Crippen molar-refractivity contribution in [2.75, 3.05) is 24.1 Å². The van der Waals surface area contributed by atoms with Gasteiger partial charge in [0, 0.05) is 23.1 Å². The van der Waals surface area contributed by atoms with Crippen molar-refractivity contribution in [3.63, 3.8) is 0 Å². The van der Waals surface area contributed by atoms with Gasteiger partial charge in [0.2, 0.25) is 11.8 Å². The fourth-order valence-corrected chi connectivity index (χ4v) is 7.12. The molecule has 2 aliphatic rings. The smallest absolute Gasteiger partial charge is 0.264 e. The highest BCUT2D eigenvalue weighted by atomic mass is 79.9. The molecule has 0 bridgehead atoms. The molecular formula is C31H34BrN3O6S. The van der Waals surface area contributed by atoms with Crippen molar-refractivity contribution >= 4 is 43.5 Å². The van der Waals surface area contributed by atoms with Gasteiger partial charge in [0.1, 0.15) is 25.8 Å². The molecule has 5 rings (SSSR count). The number of benzene rings is 3. The van der Waals surface area contributed by atoms with Gasteiger partial charge in [-0.3, -0.25) is 13.9 Å². The number of rotatable bonds is 10. The molecule has 1 aliphatic heterocycles. The zero-order chi connectivity index (χ0) is 29.7. The Bertz CT molecular complexity index is 1530. The van der Waals surface area contributed by atoms with E-state index in [9.17, 15) is 18.0 Å². The first-order valence-corrected chi connectivity index (χ1v) is 16.3. The number of nitrogens with one attached hydrogen (secondary N) is 1. The van der Waals surface area contributed by atoms with Crippen LogP contribution in [0.3, 0.4) is 0 Å². The van der Waals surface area contributed by atoms with Crippen LogP contribution in [0.2, 0.25) is 0 Å². The summed E-state index contributed by atoms with van der Waals surface area (Å²) in [4.78, 5) is 29.0. The van der Waals surface area contributed by atoms with Crippen molar-refractivity contribution in [1.82, 2.24) is 10.2 Å². The molecule has 0 aromatic heterocycles. The van der Waals surface area contributed by atoms with Crippen molar-refractivity contribution < 1.29 is 27.5 Å². The van der Waals surface area contributed by atoms with Gasteiger partial charge in [0.05, 0.1) is 10.6 Å². The van der Waals surface area contributed by atoms with Gasteiger partial charge in [0.25, 0.3) is 10.0 Å². The molecule has 1 N–H and O–H groups in total. The maximum Gasteiger partial charge on any atom is 0.264 e. The number of fused-ring (bicyclic) bond motifs is 1. The van der Waals surface area contributed by atoms with Crippen molar-refractivity contribution in [2.45, 2.75) is 56.1 Å². The number of amides is 2. The van der Waals surface area contributed by atoms with E-state index in [4.69, 9.17) is 9.47 Å². The van der Waals surface area contributed by atoms with Gasteiger partial charge in [-0.05, 0) is 61.7 Å². The maximum absolute atomic E-state index is 14.1. The van der Waals surface area contributed by atoms with Crippen LogP contribution in [0.5, 0.6) is 11.5 Å². The number of carbonyl (C=O) groups is 2. The second-order valence-electron chi connectivity index (χ2n) is 10.5. The molecule has 1 unspecified atom stereocenters. The Morgan fingerprint density at radius 2 is 1.67 bits per heavy atom. The molecule has 0 saturated heterocycles. The second-order valence-corrected chi connectivity index (χ2v) is 13.2. The molecule has 1 aliphatic carbocycles. The number of carbonyl (C=O) groups excluding carboxylic acids is 2. The summed E-state index contributed by atoms with van der Waals surface area (Å²) in [7, 11) is -4.17. The number of sulfonamides is 1. The Hall–Kier alpha value is -3.57. The summed E-state index contributed by atoms with van der Waals surface area (Å²) in [6, 6.07) is 19.5. The minimum absolute atomic E-state index is 0.0400. The Morgan fingerprint density at radius 1 is 0.952 bits per heavy atom. The van der Waals surface area contributed by atoms with Crippen molar-refractivity contribution in [2.24, 2.45) is 0 Å². The van der Waals surface area contributed by atoms with Crippen molar-refractivity contribution in [3.05, 3.63) is 82.8 Å². The normalized spacial score (nSPS) is 15.6. The average molecular weight is 657 g/mol. The molecule has 3 aromatic rings. The van der Waals surface area contributed by atoms with Crippen LogP contribution in [0, 0.1) is 0 Å². The lowest BCUT2D eigenvalue weighted by molar-refractivity contribution is -0.139. The average Bonchev–Trinajstić information content (AvgIpc) is 3.51. The standard InChI is InChI=1S/C31H34BrN3O6S/c1-22(31(37)33-25-10-5-6-11-25)34(20-23-8-7-9-24(32)18-23)30(36)21-35(42(38,39)27-12-3-2-4-13-27)26-14-15-28-29(19-26)41-17-16-40-28/h2-4,7-9,12-15,18-19,22,25H,5-6,10-11,16-17,20-21H2,1H3,(H,33,37). The predicted octanol–water partition coefficient (Wildman–Crippen LogP) is 4.89. The summed E-state index contributed by atoms with van der Waals surface area (Å²) in [5, 5.41) is 3.08. The number of halogens is 1. The lowest BCUT2D eigenvalue weighted by atomic mass is 10.1. The Balaban J connectivity index is 1.49. The quantitative estimate of drug-likeness (QED) is 0.333. The third-order valence-electron chi connectivity index (χ3n) is 7.53. The van der Waals surface area contributed by atoms with Crippen LogP contribution < -0.4 is 19.1 Å². The zero-order valence-corrected chi connectivity index (χ0v) is 25.8. The minimum Gasteiger partial charge on any atom is -0.486 e. The first kappa shape index (κ1) is 29.9. The van der Waals surface area contributed by atoms with Gasteiger partial charge < -0.3 is 19.7 Å². The Morgan fingerprint density at radius 3 is 2.38 bits per heavy atom. The van der Waals surface area contributed by atoms with Gasteiger partial charge in [-0.25, -0.2) is 8.42 Å². The van der Waals surface area contributed by atoms with Crippen LogP contribution in [0.1, 0.15) is 38.2 Å². The molecule has 0 radical (unpaired) electrons. The van der Waals surface area contributed by atoms with E-state index in [2.05, 4.69) is 21.2 Å². The Labute approximate surface area is 255 Å². The third-order valence-corrected chi connectivity index (χ3v) is 9.82. The predicted molar refractivity (Wildman–Crippen MR) is 163 cm³/mol. The Kier molecular flexibility index (Phi) is 9.37. The van der Waals surface area contributed by atoms with Crippen LogP contribution in [-0.2, 0) is 26.2 Å². The molecule has 1 heterocycles. The molecule has 1 saturated carbocycles. The highest BCUT2D eigenvalue weighted by molar-refractivity contribution is 9.10. The highest BCUT2D eigenvalue weighted by Gasteiger charge is 2.34. The van der Waals surface area contributed by atoms with E-state index in [-0.39, 0.29) is 29.1 Å². The molecule has 9 nitrogen and oxygen atoms in total. The van der Waals surface area contributed by atoms with Gasteiger partial charge in [-0.2, -0.15) is 0 Å². The lowest BCUT2D eigenvalue weighted by Gasteiger charge is -2.32. The first-order valence-electron chi connectivity index (χ1n) is 14.0. The van der Waals surface area contributed by atoms with E-state index < -0.39 is 28.5 Å². The fraction of sp³-hybridized carbons (Fsp3) is 0.355. The largest absolute Gasteiger partial charge is 0.486 e. The summed E-state index contributed by atoms with van der Waals surface area (Å²) < 4.78 is 41.2. The van der Waals surface area contributed by atoms with E-state index in [1.54, 1.807) is 43.3 Å². The summed E-state index contributed by atoms with van der Waals surface area (Å²) in [5.41, 5.74) is 1.05. The molecule has 2 amide bonds. The van der Waals surface area contributed by atoms with Gasteiger partial charge >= 0.3 is 0 Å². The number of anilines is 1. The van der Waals surface area contributed by atoms with Crippen LogP contribution in [0.4, 0.5) is 5.69 Å². The minimum atomic E-state index is -4.17. The van der Waals surface area contributed by atoms with E-state index in [0.29, 0.717) is 24.7 Å². The molecule has 1 fully saturated rings. The second kappa shape index (κ2) is 13.2. The summed E-state index contributed by atoms with van der Waals surface area (Å²) in [5.74, 6) is 0.122. The fourth-order valence-electron chi connectivity index (χ4n) is 5.24. The van der Waals surface area contributed by atoms with Gasteiger partial charge in [0.15, 0.2) is 11.5 Å². The molecule has 222 valence electrons. The monoisotopic (exact) mass is 655 g/mol. The van der Waals surface area contributed by atoms with Gasteiger partial charge in [-0.15, -0.1) is 0 Å². The van der Waals surface area contributed by atoms with Crippen LogP contribution in [0.25, 0.3) is 0 Å². The number of nitrogens with zero attached hydrogens (tertiary/aromatic N) is 2. The van der Waals surface area contributed by atoms with E-state index in [0.717, 1.165) is 40.0 Å². The lowest BCUT2D eigenvalue weighted by Crippen LogP contribution is -2.52. The van der Waals surface area contributed by atoms with E-state index >= 15 is 0 Å². The summed E-state index contributed by atoms with van der Waals surface area (Å²) in [6.45, 7) is 2.00. The van der Waals surface area contributed by atoms with Crippen molar-refractivity contribution in [1.29, 1.82) is 0 Å². The number of ether oxygens (including phenoxy) is 2. The first-order chi connectivity index (χ1) is 20.2. The maximum atomic E-state index is 14.1. The molecule has 3 aromatic carbocycles. The molecule has 11 heteroatoms. The molecule has 1 atom stereocenters. The molecule has 42 heavy (non-hydrogen) atoms. The zero-order valence-electron chi connectivity index (χ0n) is 23.4. The van der Waals surface area contributed by atoms with Crippen molar-refractivity contribution in [3.8, 4) is 11.5 Å². The SMILES string of the molecule is CC(C(=O)NC1CCCC1)N(Cc1cccc(Br)c1)C(=O)CN(c1ccc2c(c1)OCCO2)S(=O)(=O)c1ccccc1. The van der Waals surface area contributed by atoms with E-state index in [1.807, 2.05) is 24.3 Å². The highest BCUT2D eigenvalue weighted by Crippen LogP contribution is 2.36. The van der Waals surface area contributed by atoms with Crippen LogP contribution in [-0.4, -0.2) is 57.0 Å².